The Bertz CT molecular complexity index is 511. The van der Waals surface area contributed by atoms with E-state index in [1.54, 1.807) is 11.3 Å². The van der Waals surface area contributed by atoms with Gasteiger partial charge in [0.1, 0.15) is 0 Å². The highest BCUT2D eigenvalue weighted by Gasteiger charge is 2.09. The number of carbonyl (C=O) groups is 1. The molecule has 1 heterocycles. The summed E-state index contributed by atoms with van der Waals surface area (Å²) in [7, 11) is 0. The molecule has 0 unspecified atom stereocenters. The molecule has 0 aliphatic rings. The molecule has 1 aromatic carbocycles. The minimum absolute atomic E-state index is 0.804. The summed E-state index contributed by atoms with van der Waals surface area (Å²) < 4.78 is 0. The van der Waals surface area contributed by atoms with Crippen LogP contribution in [0.15, 0.2) is 30.3 Å². The molecule has 0 bridgehead atoms. The molecule has 2 aromatic rings. The maximum atomic E-state index is 10.8. The van der Waals surface area contributed by atoms with Crippen molar-refractivity contribution in [3.63, 3.8) is 0 Å². The molecular weight excluding hydrogens is 216 g/mol. The van der Waals surface area contributed by atoms with Crippen LogP contribution in [0, 0.1) is 6.92 Å². The number of rotatable bonds is 3. The van der Waals surface area contributed by atoms with E-state index in [-0.39, 0.29) is 0 Å². The molecule has 16 heavy (non-hydrogen) atoms. The zero-order valence-electron chi connectivity index (χ0n) is 9.49. The molecule has 0 spiro atoms. The van der Waals surface area contributed by atoms with E-state index in [2.05, 4.69) is 32.0 Å². The van der Waals surface area contributed by atoms with E-state index in [4.69, 9.17) is 0 Å². The number of aldehydes is 1. The third-order valence-electron chi connectivity index (χ3n) is 2.70. The second kappa shape index (κ2) is 4.62. The van der Waals surface area contributed by atoms with Gasteiger partial charge in [-0.3, -0.25) is 4.79 Å². The maximum Gasteiger partial charge on any atom is 0.160 e. The number of benzene rings is 1. The highest BCUT2D eigenvalue weighted by Crippen LogP contribution is 2.33. The Morgan fingerprint density at radius 3 is 2.69 bits per heavy atom. The molecule has 0 atom stereocenters. The van der Waals surface area contributed by atoms with Gasteiger partial charge in [-0.1, -0.05) is 31.2 Å². The lowest BCUT2D eigenvalue weighted by molar-refractivity contribution is 0.112. The molecule has 0 aliphatic carbocycles. The molecule has 2 rings (SSSR count). The molecule has 2 heteroatoms. The highest BCUT2D eigenvalue weighted by atomic mass is 32.1. The summed E-state index contributed by atoms with van der Waals surface area (Å²) in [6.45, 7) is 4.22. The molecular formula is C14H14OS. The zero-order valence-corrected chi connectivity index (χ0v) is 10.3. The van der Waals surface area contributed by atoms with E-state index in [0.29, 0.717) is 0 Å². The van der Waals surface area contributed by atoms with Crippen LogP contribution in [0.4, 0.5) is 0 Å². The normalized spacial score (nSPS) is 10.4. The van der Waals surface area contributed by atoms with Crippen molar-refractivity contribution in [1.29, 1.82) is 0 Å². The predicted octanol–water partition coefficient (Wildman–Crippen LogP) is 4.10. The quantitative estimate of drug-likeness (QED) is 0.725. The SMILES string of the molecule is CCc1ccccc1-c1sc(C=O)cc1C. The maximum absolute atomic E-state index is 10.8. The first kappa shape index (κ1) is 11.1. The van der Waals surface area contributed by atoms with Gasteiger partial charge in [0.15, 0.2) is 6.29 Å². The number of aryl methyl sites for hydroxylation is 2. The van der Waals surface area contributed by atoms with Gasteiger partial charge in [-0.2, -0.15) is 0 Å². The van der Waals surface area contributed by atoms with Crippen molar-refractivity contribution in [3.8, 4) is 10.4 Å². The van der Waals surface area contributed by atoms with Crippen molar-refractivity contribution in [3.05, 3.63) is 46.3 Å². The van der Waals surface area contributed by atoms with Crippen LogP contribution in [-0.4, -0.2) is 6.29 Å². The van der Waals surface area contributed by atoms with Gasteiger partial charge >= 0.3 is 0 Å². The van der Waals surface area contributed by atoms with Crippen molar-refractivity contribution in [2.24, 2.45) is 0 Å². The van der Waals surface area contributed by atoms with Crippen LogP contribution < -0.4 is 0 Å². The lowest BCUT2D eigenvalue weighted by Gasteiger charge is -2.06. The lowest BCUT2D eigenvalue weighted by Crippen LogP contribution is -1.85. The van der Waals surface area contributed by atoms with Gasteiger partial charge in [0, 0.05) is 4.88 Å². The van der Waals surface area contributed by atoms with Crippen molar-refractivity contribution in [2.75, 3.05) is 0 Å². The first-order chi connectivity index (χ1) is 7.76. The van der Waals surface area contributed by atoms with Gasteiger partial charge in [0.2, 0.25) is 0 Å². The molecule has 0 radical (unpaired) electrons. The first-order valence-electron chi connectivity index (χ1n) is 5.40. The Hall–Kier alpha value is -1.41. The topological polar surface area (TPSA) is 17.1 Å². The monoisotopic (exact) mass is 230 g/mol. The Labute approximate surface area is 99.8 Å². The van der Waals surface area contributed by atoms with Crippen LogP contribution in [0.25, 0.3) is 10.4 Å². The predicted molar refractivity (Wildman–Crippen MR) is 69.3 cm³/mol. The van der Waals surface area contributed by atoms with E-state index in [9.17, 15) is 4.79 Å². The average Bonchev–Trinajstić information content (AvgIpc) is 2.70. The zero-order chi connectivity index (χ0) is 11.5. The van der Waals surface area contributed by atoms with Gasteiger partial charge in [0.05, 0.1) is 4.88 Å². The summed E-state index contributed by atoms with van der Waals surface area (Å²) in [6, 6.07) is 10.3. The third-order valence-corrected chi connectivity index (χ3v) is 3.89. The number of carbonyl (C=O) groups excluding carboxylic acids is 1. The summed E-state index contributed by atoms with van der Waals surface area (Å²) in [5.41, 5.74) is 3.79. The molecule has 1 nitrogen and oxygen atoms in total. The summed E-state index contributed by atoms with van der Waals surface area (Å²) in [5, 5.41) is 0. The molecule has 82 valence electrons. The summed E-state index contributed by atoms with van der Waals surface area (Å²) >= 11 is 1.57. The van der Waals surface area contributed by atoms with Crippen LogP contribution >= 0.6 is 11.3 Å². The van der Waals surface area contributed by atoms with Gasteiger partial charge in [0.25, 0.3) is 0 Å². The van der Waals surface area contributed by atoms with Crippen LogP contribution in [0.1, 0.15) is 27.7 Å². The number of thiophene rings is 1. The van der Waals surface area contributed by atoms with E-state index in [1.165, 1.54) is 21.6 Å². The lowest BCUT2D eigenvalue weighted by atomic mass is 10.0. The van der Waals surface area contributed by atoms with Crippen LogP contribution in [0.3, 0.4) is 0 Å². The van der Waals surface area contributed by atoms with Gasteiger partial charge in [-0.25, -0.2) is 0 Å². The Morgan fingerprint density at radius 1 is 1.31 bits per heavy atom. The Balaban J connectivity index is 2.57. The number of hydrogen-bond acceptors (Lipinski definition) is 2. The fraction of sp³-hybridized carbons (Fsp3) is 0.214. The van der Waals surface area contributed by atoms with Crippen LogP contribution in [0.2, 0.25) is 0 Å². The molecule has 0 amide bonds. The second-order valence-electron chi connectivity index (χ2n) is 3.79. The van der Waals surface area contributed by atoms with E-state index in [1.807, 2.05) is 12.1 Å². The summed E-state index contributed by atoms with van der Waals surface area (Å²) in [6.07, 6.45) is 1.94. The fourth-order valence-corrected chi connectivity index (χ4v) is 2.93. The highest BCUT2D eigenvalue weighted by molar-refractivity contribution is 7.17. The van der Waals surface area contributed by atoms with Gasteiger partial charge < -0.3 is 0 Å². The Morgan fingerprint density at radius 2 is 2.06 bits per heavy atom. The van der Waals surface area contributed by atoms with Crippen molar-refractivity contribution in [1.82, 2.24) is 0 Å². The first-order valence-corrected chi connectivity index (χ1v) is 6.21. The van der Waals surface area contributed by atoms with Crippen LogP contribution in [0.5, 0.6) is 0 Å². The van der Waals surface area contributed by atoms with Crippen molar-refractivity contribution >= 4 is 17.6 Å². The third kappa shape index (κ3) is 1.93. The number of hydrogen-bond donors (Lipinski definition) is 0. The Kier molecular flexibility index (Phi) is 3.20. The minimum Gasteiger partial charge on any atom is -0.297 e. The summed E-state index contributed by atoms with van der Waals surface area (Å²) in [5.74, 6) is 0. The van der Waals surface area contributed by atoms with Gasteiger partial charge in [-0.15, -0.1) is 11.3 Å². The fourth-order valence-electron chi connectivity index (χ4n) is 1.88. The standard InChI is InChI=1S/C14H14OS/c1-3-11-6-4-5-7-13(11)14-10(2)8-12(9-15)16-14/h4-9H,3H2,1-2H3. The molecule has 0 aliphatic heterocycles. The van der Waals surface area contributed by atoms with E-state index in [0.717, 1.165) is 17.6 Å². The van der Waals surface area contributed by atoms with E-state index < -0.39 is 0 Å². The molecule has 1 aromatic heterocycles. The largest absolute Gasteiger partial charge is 0.297 e. The van der Waals surface area contributed by atoms with Crippen molar-refractivity contribution in [2.45, 2.75) is 20.3 Å². The second-order valence-corrected chi connectivity index (χ2v) is 4.87. The van der Waals surface area contributed by atoms with Gasteiger partial charge in [-0.05, 0) is 36.1 Å². The van der Waals surface area contributed by atoms with Crippen LogP contribution in [-0.2, 0) is 6.42 Å². The molecule has 0 fully saturated rings. The average molecular weight is 230 g/mol. The molecule has 0 N–H and O–H groups in total. The molecule has 0 saturated carbocycles. The van der Waals surface area contributed by atoms with E-state index >= 15 is 0 Å². The molecule has 0 saturated heterocycles. The smallest absolute Gasteiger partial charge is 0.160 e. The summed E-state index contributed by atoms with van der Waals surface area (Å²) in [4.78, 5) is 12.8. The van der Waals surface area contributed by atoms with Crippen molar-refractivity contribution < 1.29 is 4.79 Å². The minimum atomic E-state index is 0.804.